The van der Waals surface area contributed by atoms with Gasteiger partial charge < -0.3 is 25.1 Å². The van der Waals surface area contributed by atoms with Crippen molar-refractivity contribution in [3.8, 4) is 6.19 Å². The second-order valence-corrected chi connectivity index (χ2v) is 6.17. The minimum Gasteiger partial charge on any atom is -0.465 e. The van der Waals surface area contributed by atoms with Crippen LogP contribution in [-0.2, 0) is 0 Å². The van der Waals surface area contributed by atoms with Gasteiger partial charge in [0.2, 0.25) is 0 Å². The van der Waals surface area contributed by atoms with Crippen LogP contribution in [0.15, 0.2) is 18.3 Å². The van der Waals surface area contributed by atoms with E-state index in [1.807, 2.05) is 4.90 Å². The van der Waals surface area contributed by atoms with Gasteiger partial charge in [-0.15, -0.1) is 0 Å². The minimum atomic E-state index is -0.901. The predicted molar refractivity (Wildman–Crippen MR) is 89.1 cm³/mol. The van der Waals surface area contributed by atoms with Crippen LogP contribution in [-0.4, -0.2) is 77.2 Å². The van der Waals surface area contributed by atoms with E-state index in [-0.39, 0.29) is 11.9 Å². The maximum absolute atomic E-state index is 12.3. The van der Waals surface area contributed by atoms with E-state index in [0.717, 1.165) is 12.2 Å². The molecule has 2 amide bonds. The molecule has 0 saturated carbocycles. The number of pyridine rings is 1. The molecule has 2 fully saturated rings. The number of carboxylic acid groups (broad SMARTS) is 1. The van der Waals surface area contributed by atoms with Gasteiger partial charge in [0, 0.05) is 51.5 Å². The highest BCUT2D eigenvalue weighted by Crippen LogP contribution is 2.15. The second kappa shape index (κ2) is 7.25. The lowest BCUT2D eigenvalue weighted by Crippen LogP contribution is -2.48. The number of amides is 2. The Hall–Kier alpha value is -3.02. The maximum atomic E-state index is 12.3. The summed E-state index contributed by atoms with van der Waals surface area (Å²) in [5, 5.41) is 20.7. The number of nitrogens with zero attached hydrogens (tertiary/aromatic N) is 5. The summed E-state index contributed by atoms with van der Waals surface area (Å²) in [4.78, 5) is 32.5. The maximum Gasteiger partial charge on any atom is 0.407 e. The number of hydrogen-bond acceptors (Lipinski definition) is 6. The zero-order valence-electron chi connectivity index (χ0n) is 13.8. The van der Waals surface area contributed by atoms with Crippen LogP contribution in [0.25, 0.3) is 0 Å². The van der Waals surface area contributed by atoms with Crippen molar-refractivity contribution < 1.29 is 14.7 Å². The van der Waals surface area contributed by atoms with Crippen LogP contribution in [0.2, 0.25) is 0 Å². The number of hydrogen-bond donors (Lipinski definition) is 2. The molecule has 9 nitrogen and oxygen atoms in total. The van der Waals surface area contributed by atoms with Crippen molar-refractivity contribution in [3.05, 3.63) is 23.9 Å². The molecule has 132 valence electrons. The lowest BCUT2D eigenvalue weighted by atomic mass is 10.2. The quantitative estimate of drug-likeness (QED) is 0.751. The number of aromatic nitrogens is 1. The first-order valence-corrected chi connectivity index (χ1v) is 8.21. The third-order valence-electron chi connectivity index (χ3n) is 4.55. The Bertz CT molecular complexity index is 678. The number of piperazine rings is 1. The number of nitriles is 1. The Kier molecular flexibility index (Phi) is 4.88. The molecule has 9 heteroatoms. The van der Waals surface area contributed by atoms with Gasteiger partial charge in [-0.25, -0.2) is 9.78 Å². The molecule has 2 aliphatic heterocycles. The van der Waals surface area contributed by atoms with Crippen molar-refractivity contribution in [1.82, 2.24) is 20.1 Å². The first kappa shape index (κ1) is 16.8. The zero-order chi connectivity index (χ0) is 17.8. The Labute approximate surface area is 145 Å². The van der Waals surface area contributed by atoms with Crippen molar-refractivity contribution in [1.29, 1.82) is 5.26 Å². The van der Waals surface area contributed by atoms with Crippen molar-refractivity contribution in [2.45, 2.75) is 12.5 Å². The molecule has 2 saturated heterocycles. The molecule has 0 bridgehead atoms. The molecule has 3 heterocycles. The Balaban J connectivity index is 1.55. The van der Waals surface area contributed by atoms with Crippen LogP contribution >= 0.6 is 0 Å². The SMILES string of the molecule is N#CN1CCC(NC(=O)c2ccc(N3CCN(C(=O)O)CC3)nc2)C1. The third-order valence-corrected chi connectivity index (χ3v) is 4.55. The molecule has 0 spiro atoms. The highest BCUT2D eigenvalue weighted by Gasteiger charge is 2.24. The normalized spacial score (nSPS) is 20.3. The van der Waals surface area contributed by atoms with Crippen LogP contribution in [0, 0.1) is 11.5 Å². The number of likely N-dealkylation sites (tertiary alicyclic amines) is 1. The molecule has 1 aromatic rings. The first-order valence-electron chi connectivity index (χ1n) is 8.21. The molecule has 1 aromatic heterocycles. The summed E-state index contributed by atoms with van der Waals surface area (Å²) >= 11 is 0. The van der Waals surface area contributed by atoms with E-state index in [2.05, 4.69) is 16.5 Å². The molecule has 0 radical (unpaired) electrons. The van der Waals surface area contributed by atoms with E-state index in [1.165, 1.54) is 11.1 Å². The van der Waals surface area contributed by atoms with Crippen LogP contribution in [0.4, 0.5) is 10.6 Å². The van der Waals surface area contributed by atoms with Gasteiger partial charge in [-0.1, -0.05) is 0 Å². The Morgan fingerprint density at radius 3 is 2.56 bits per heavy atom. The largest absolute Gasteiger partial charge is 0.465 e. The van der Waals surface area contributed by atoms with E-state index in [4.69, 9.17) is 10.4 Å². The van der Waals surface area contributed by atoms with E-state index in [9.17, 15) is 9.59 Å². The summed E-state index contributed by atoms with van der Waals surface area (Å²) in [7, 11) is 0. The highest BCUT2D eigenvalue weighted by molar-refractivity contribution is 5.94. The number of rotatable bonds is 3. The summed E-state index contributed by atoms with van der Waals surface area (Å²) in [5.74, 6) is 0.539. The number of carbonyl (C=O) groups is 2. The van der Waals surface area contributed by atoms with Crippen LogP contribution < -0.4 is 10.2 Å². The smallest absolute Gasteiger partial charge is 0.407 e. The summed E-state index contributed by atoms with van der Waals surface area (Å²) in [6.45, 7) is 3.25. The average Bonchev–Trinajstić information content (AvgIpc) is 3.09. The molecule has 1 unspecified atom stereocenters. The van der Waals surface area contributed by atoms with Crippen molar-refractivity contribution in [2.75, 3.05) is 44.2 Å². The van der Waals surface area contributed by atoms with Gasteiger partial charge in [0.15, 0.2) is 6.19 Å². The predicted octanol–water partition coefficient (Wildman–Crippen LogP) is 0.167. The molecule has 0 aromatic carbocycles. The lowest BCUT2D eigenvalue weighted by Gasteiger charge is -2.33. The van der Waals surface area contributed by atoms with Crippen LogP contribution in [0.3, 0.4) is 0 Å². The number of anilines is 1. The van der Waals surface area contributed by atoms with Gasteiger partial charge >= 0.3 is 6.09 Å². The molecule has 2 aliphatic rings. The molecule has 0 aliphatic carbocycles. The van der Waals surface area contributed by atoms with Crippen LogP contribution in [0.5, 0.6) is 0 Å². The summed E-state index contributed by atoms with van der Waals surface area (Å²) in [6.07, 6.45) is 3.48. The summed E-state index contributed by atoms with van der Waals surface area (Å²) < 4.78 is 0. The number of nitrogens with one attached hydrogen (secondary N) is 1. The molecule has 2 N–H and O–H groups in total. The Morgan fingerprint density at radius 1 is 1.24 bits per heavy atom. The topological polar surface area (TPSA) is 113 Å². The van der Waals surface area contributed by atoms with Crippen LogP contribution in [0.1, 0.15) is 16.8 Å². The van der Waals surface area contributed by atoms with Gasteiger partial charge in [0.25, 0.3) is 5.91 Å². The average molecular weight is 344 g/mol. The van der Waals surface area contributed by atoms with Gasteiger partial charge in [-0.05, 0) is 18.6 Å². The van der Waals surface area contributed by atoms with E-state index < -0.39 is 6.09 Å². The Morgan fingerprint density at radius 2 is 2.00 bits per heavy atom. The second-order valence-electron chi connectivity index (χ2n) is 6.17. The van der Waals surface area contributed by atoms with E-state index >= 15 is 0 Å². The van der Waals surface area contributed by atoms with Gasteiger partial charge in [0.1, 0.15) is 5.82 Å². The molecular formula is C16H20N6O3. The third kappa shape index (κ3) is 3.91. The van der Waals surface area contributed by atoms with Gasteiger partial charge in [-0.2, -0.15) is 5.26 Å². The standard InChI is InChI=1S/C16H20N6O3/c17-11-20-4-3-13(10-20)19-15(23)12-1-2-14(18-9-12)21-5-7-22(8-6-21)16(24)25/h1-2,9,13H,3-8,10H2,(H,19,23)(H,24,25). The zero-order valence-corrected chi connectivity index (χ0v) is 13.8. The monoisotopic (exact) mass is 344 g/mol. The highest BCUT2D eigenvalue weighted by atomic mass is 16.4. The minimum absolute atomic E-state index is 0.0177. The molecule has 1 atom stereocenters. The molecule has 3 rings (SSSR count). The summed E-state index contributed by atoms with van der Waals surface area (Å²) in [5.41, 5.74) is 0.475. The van der Waals surface area contributed by atoms with E-state index in [0.29, 0.717) is 44.8 Å². The first-order chi connectivity index (χ1) is 12.1. The van der Waals surface area contributed by atoms with Crippen molar-refractivity contribution in [2.24, 2.45) is 0 Å². The lowest BCUT2D eigenvalue weighted by molar-refractivity contribution is 0.0938. The summed E-state index contributed by atoms with van der Waals surface area (Å²) in [6, 6.07) is 3.48. The van der Waals surface area contributed by atoms with E-state index in [1.54, 1.807) is 17.0 Å². The van der Waals surface area contributed by atoms with Gasteiger partial charge in [0.05, 0.1) is 5.56 Å². The fourth-order valence-corrected chi connectivity index (χ4v) is 3.07. The fraction of sp³-hybridized carbons (Fsp3) is 0.500. The molecular weight excluding hydrogens is 324 g/mol. The molecule has 25 heavy (non-hydrogen) atoms. The number of carbonyl (C=O) groups excluding carboxylic acids is 1. The van der Waals surface area contributed by atoms with Crippen molar-refractivity contribution in [3.63, 3.8) is 0 Å². The van der Waals surface area contributed by atoms with Gasteiger partial charge in [-0.3, -0.25) is 4.79 Å². The van der Waals surface area contributed by atoms with Crippen molar-refractivity contribution >= 4 is 17.8 Å². The fourth-order valence-electron chi connectivity index (χ4n) is 3.07.